The second-order valence-corrected chi connectivity index (χ2v) is 7.49. The van der Waals surface area contributed by atoms with E-state index in [-0.39, 0.29) is 11.3 Å². The summed E-state index contributed by atoms with van der Waals surface area (Å²) in [7, 11) is 0. The fourth-order valence-corrected chi connectivity index (χ4v) is 4.26. The molecule has 1 aliphatic heterocycles. The Morgan fingerprint density at radius 3 is 2.78 bits per heavy atom. The van der Waals surface area contributed by atoms with Gasteiger partial charge in [-0.2, -0.15) is 0 Å². The van der Waals surface area contributed by atoms with Crippen LogP contribution < -0.4 is 0 Å². The van der Waals surface area contributed by atoms with Crippen LogP contribution in [0.3, 0.4) is 0 Å². The van der Waals surface area contributed by atoms with Gasteiger partial charge in [0.15, 0.2) is 11.5 Å². The van der Waals surface area contributed by atoms with E-state index in [1.165, 1.54) is 11.3 Å². The molecule has 138 valence electrons. The number of furan rings is 1. The van der Waals surface area contributed by atoms with Crippen LogP contribution >= 0.6 is 11.3 Å². The van der Waals surface area contributed by atoms with Crippen molar-refractivity contribution in [3.8, 4) is 0 Å². The highest BCUT2D eigenvalue weighted by molar-refractivity contribution is 7.10. The third kappa shape index (κ3) is 2.96. The third-order valence-corrected chi connectivity index (χ3v) is 5.69. The first-order valence-electron chi connectivity index (χ1n) is 8.92. The number of carbonyl (C=O) groups is 2. The zero-order chi connectivity index (χ0) is 19.0. The number of rotatable bonds is 6. The summed E-state index contributed by atoms with van der Waals surface area (Å²) in [6, 6.07) is 12.2. The number of fused-ring (bicyclic) bond motifs is 1. The average Bonchev–Trinajstić information content (AvgIpc) is 3.39. The number of nitrogens with zero attached hydrogens (tertiary/aromatic N) is 1. The first-order chi connectivity index (χ1) is 13.1. The topological polar surface area (TPSA) is 70.8 Å². The van der Waals surface area contributed by atoms with Crippen molar-refractivity contribution in [3.63, 3.8) is 0 Å². The van der Waals surface area contributed by atoms with Gasteiger partial charge in [-0.25, -0.2) is 0 Å². The fraction of sp³-hybridized carbons (Fsp3) is 0.238. The van der Waals surface area contributed by atoms with Gasteiger partial charge in [0, 0.05) is 16.8 Å². The number of aliphatic hydroxyl groups is 1. The number of Topliss-reactive ketones (excluding diaryl/α,β-unsaturated/α-hetero) is 1. The summed E-state index contributed by atoms with van der Waals surface area (Å²) in [4.78, 5) is 28.3. The Balaban J connectivity index is 1.78. The summed E-state index contributed by atoms with van der Waals surface area (Å²) in [5.41, 5.74) is 0.693. The number of thiophene rings is 1. The van der Waals surface area contributed by atoms with E-state index in [9.17, 15) is 14.7 Å². The molecule has 0 saturated heterocycles. The summed E-state index contributed by atoms with van der Waals surface area (Å²) in [6.45, 7) is 2.52. The maximum atomic E-state index is 13.2. The first kappa shape index (κ1) is 17.5. The molecule has 0 spiro atoms. The van der Waals surface area contributed by atoms with Crippen molar-refractivity contribution in [1.82, 2.24) is 4.90 Å². The number of carbonyl (C=O) groups excluding carboxylic acids is 2. The van der Waals surface area contributed by atoms with Gasteiger partial charge in [0.2, 0.25) is 5.78 Å². The molecule has 3 heterocycles. The van der Waals surface area contributed by atoms with Gasteiger partial charge in [0.1, 0.15) is 5.58 Å². The Hall–Kier alpha value is -2.86. The normalized spacial score (nSPS) is 17.3. The van der Waals surface area contributed by atoms with Gasteiger partial charge in [0.25, 0.3) is 5.91 Å². The summed E-state index contributed by atoms with van der Waals surface area (Å²) < 4.78 is 5.69. The van der Waals surface area contributed by atoms with Gasteiger partial charge in [-0.15, -0.1) is 11.3 Å². The smallest absolute Gasteiger partial charge is 0.290 e. The fourth-order valence-electron chi connectivity index (χ4n) is 3.41. The Morgan fingerprint density at radius 1 is 1.26 bits per heavy atom. The van der Waals surface area contributed by atoms with E-state index in [0.717, 1.165) is 23.1 Å². The molecule has 1 unspecified atom stereocenters. The molecule has 1 aromatic carbocycles. The zero-order valence-electron chi connectivity index (χ0n) is 14.8. The SMILES string of the molecule is CCCCN1C(=O)C(O)=C(C(=O)c2cc3ccccc3o2)C1c1cccs1. The molecular formula is C21H19NO4S. The van der Waals surface area contributed by atoms with Crippen LogP contribution in [0.15, 0.2) is 63.6 Å². The van der Waals surface area contributed by atoms with Crippen LogP contribution in [0.2, 0.25) is 0 Å². The Labute approximate surface area is 160 Å². The van der Waals surface area contributed by atoms with Crippen molar-refractivity contribution >= 4 is 34.0 Å². The first-order valence-corrected chi connectivity index (χ1v) is 9.80. The molecule has 0 bridgehead atoms. The van der Waals surface area contributed by atoms with Crippen LogP contribution in [0.1, 0.15) is 41.2 Å². The Kier molecular flexibility index (Phi) is 4.58. The number of hydrogen-bond acceptors (Lipinski definition) is 5. The van der Waals surface area contributed by atoms with E-state index in [0.29, 0.717) is 12.1 Å². The predicted octanol–water partition coefficient (Wildman–Crippen LogP) is 4.87. The van der Waals surface area contributed by atoms with Gasteiger partial charge < -0.3 is 14.4 Å². The van der Waals surface area contributed by atoms with Crippen LogP contribution in [0.4, 0.5) is 0 Å². The highest BCUT2D eigenvalue weighted by atomic mass is 32.1. The molecule has 0 radical (unpaired) electrons. The summed E-state index contributed by atoms with van der Waals surface area (Å²) in [6.07, 6.45) is 1.71. The lowest BCUT2D eigenvalue weighted by molar-refractivity contribution is -0.129. The van der Waals surface area contributed by atoms with Gasteiger partial charge in [-0.1, -0.05) is 37.6 Å². The van der Waals surface area contributed by atoms with E-state index < -0.39 is 23.5 Å². The van der Waals surface area contributed by atoms with Crippen LogP contribution in [-0.4, -0.2) is 28.2 Å². The molecule has 27 heavy (non-hydrogen) atoms. The van der Waals surface area contributed by atoms with E-state index >= 15 is 0 Å². The number of para-hydroxylation sites is 1. The molecule has 0 saturated carbocycles. The number of unbranched alkanes of at least 4 members (excludes halogenated alkanes) is 1. The van der Waals surface area contributed by atoms with Crippen LogP contribution in [-0.2, 0) is 4.79 Å². The molecule has 0 fully saturated rings. The number of amides is 1. The molecule has 0 aliphatic carbocycles. The van der Waals surface area contributed by atoms with Gasteiger partial charge in [0.05, 0.1) is 11.6 Å². The van der Waals surface area contributed by atoms with Crippen LogP contribution in [0.25, 0.3) is 11.0 Å². The van der Waals surface area contributed by atoms with Crippen molar-refractivity contribution in [2.45, 2.75) is 25.8 Å². The minimum atomic E-state index is -0.579. The van der Waals surface area contributed by atoms with E-state index in [2.05, 4.69) is 0 Å². The van der Waals surface area contributed by atoms with Gasteiger partial charge in [-0.3, -0.25) is 9.59 Å². The number of benzene rings is 1. The molecule has 3 aromatic rings. The highest BCUT2D eigenvalue weighted by Crippen LogP contribution is 2.41. The van der Waals surface area contributed by atoms with Crippen LogP contribution in [0, 0.1) is 0 Å². The number of aliphatic hydroxyl groups excluding tert-OH is 1. The second-order valence-electron chi connectivity index (χ2n) is 6.51. The van der Waals surface area contributed by atoms with Crippen molar-refractivity contribution in [2.24, 2.45) is 0 Å². The van der Waals surface area contributed by atoms with Crippen molar-refractivity contribution in [1.29, 1.82) is 0 Å². The summed E-state index contributed by atoms with van der Waals surface area (Å²) in [5, 5.41) is 13.2. The predicted molar refractivity (Wildman–Crippen MR) is 104 cm³/mol. The molecular weight excluding hydrogens is 362 g/mol. The molecule has 1 aliphatic rings. The maximum Gasteiger partial charge on any atom is 0.290 e. The van der Waals surface area contributed by atoms with E-state index in [4.69, 9.17) is 4.42 Å². The third-order valence-electron chi connectivity index (χ3n) is 4.76. The Morgan fingerprint density at radius 2 is 2.07 bits per heavy atom. The monoisotopic (exact) mass is 381 g/mol. The van der Waals surface area contributed by atoms with E-state index in [1.54, 1.807) is 17.0 Å². The van der Waals surface area contributed by atoms with Gasteiger partial charge >= 0.3 is 0 Å². The Bertz CT molecular complexity index is 999. The lowest BCUT2D eigenvalue weighted by Gasteiger charge is -2.25. The minimum Gasteiger partial charge on any atom is -0.503 e. The number of hydrogen-bond donors (Lipinski definition) is 1. The summed E-state index contributed by atoms with van der Waals surface area (Å²) in [5.74, 6) is -1.30. The molecule has 4 rings (SSSR count). The molecule has 1 atom stereocenters. The van der Waals surface area contributed by atoms with Gasteiger partial charge in [-0.05, 0) is 30.0 Å². The van der Waals surface area contributed by atoms with Crippen LogP contribution in [0.5, 0.6) is 0 Å². The minimum absolute atomic E-state index is 0.0950. The molecule has 1 N–H and O–H groups in total. The second kappa shape index (κ2) is 7.04. The van der Waals surface area contributed by atoms with Crippen molar-refractivity contribution in [3.05, 3.63) is 69.8 Å². The largest absolute Gasteiger partial charge is 0.503 e. The molecule has 6 heteroatoms. The van der Waals surface area contributed by atoms with E-state index in [1.807, 2.05) is 42.6 Å². The summed E-state index contributed by atoms with van der Waals surface area (Å²) >= 11 is 1.46. The molecule has 2 aromatic heterocycles. The van der Waals surface area contributed by atoms with Crippen molar-refractivity contribution < 1.29 is 19.1 Å². The standard InChI is InChI=1S/C21H19NO4S/c1-2-3-10-22-18(16-9-6-11-27-16)17(20(24)21(22)25)19(23)15-12-13-7-4-5-8-14(13)26-15/h4-9,11-12,18,24H,2-3,10H2,1H3. The molecule has 1 amide bonds. The quantitative estimate of drug-likeness (QED) is 0.618. The molecule has 5 nitrogen and oxygen atoms in total. The zero-order valence-corrected chi connectivity index (χ0v) is 15.7. The average molecular weight is 381 g/mol. The highest BCUT2D eigenvalue weighted by Gasteiger charge is 2.44. The lowest BCUT2D eigenvalue weighted by Crippen LogP contribution is -2.31. The van der Waals surface area contributed by atoms with Crippen molar-refractivity contribution in [2.75, 3.05) is 6.54 Å². The maximum absolute atomic E-state index is 13.2. The number of ketones is 1. The lowest BCUT2D eigenvalue weighted by atomic mass is 10.00.